The van der Waals surface area contributed by atoms with Crippen molar-refractivity contribution in [2.75, 3.05) is 6.26 Å². The summed E-state index contributed by atoms with van der Waals surface area (Å²) in [7, 11) is -7.39. The van der Waals surface area contributed by atoms with Gasteiger partial charge in [0, 0.05) is 23.9 Å². The monoisotopic (exact) mass is 458 g/mol. The van der Waals surface area contributed by atoms with Gasteiger partial charge in [-0.05, 0) is 50.6 Å². The fraction of sp³-hybridized carbons (Fsp3) is 0.316. The van der Waals surface area contributed by atoms with Gasteiger partial charge < -0.3 is 5.32 Å². The fourth-order valence-corrected chi connectivity index (χ4v) is 5.54. The molecule has 0 aromatic heterocycles. The van der Waals surface area contributed by atoms with Crippen LogP contribution in [0.15, 0.2) is 52.3 Å². The largest absolute Gasteiger partial charge is 0.348 e. The molecule has 10 heteroatoms. The van der Waals surface area contributed by atoms with Gasteiger partial charge in [-0.1, -0.05) is 29.8 Å². The minimum absolute atomic E-state index is 0.0220. The van der Waals surface area contributed by atoms with Crippen molar-refractivity contribution in [1.82, 2.24) is 10.0 Å². The van der Waals surface area contributed by atoms with E-state index in [2.05, 4.69) is 10.0 Å². The SMILES string of the molecule is CC(C)(C)NS(=O)(=O)c1ccccc1CNC(=O)c1ccc(Cl)c(S(C)(=O)=O)c1. The standard InChI is InChI=1S/C19H23ClN2O5S2/c1-19(2,3)22-29(26,27)16-8-6-5-7-14(16)12-21-18(23)13-9-10-15(20)17(11-13)28(4,24)25/h5-11,22H,12H2,1-4H3,(H,21,23). The van der Waals surface area contributed by atoms with Crippen LogP contribution in [0.3, 0.4) is 0 Å². The van der Waals surface area contributed by atoms with Crippen LogP contribution in [0.1, 0.15) is 36.7 Å². The molecule has 0 fully saturated rings. The molecule has 2 aromatic rings. The lowest BCUT2D eigenvalue weighted by Gasteiger charge is -2.21. The fourth-order valence-electron chi connectivity index (χ4n) is 2.58. The number of sulfonamides is 1. The first kappa shape index (κ1) is 23.3. The lowest BCUT2D eigenvalue weighted by Crippen LogP contribution is -2.41. The molecule has 0 radical (unpaired) electrons. The third-order valence-corrected chi connectivity index (χ3v) is 7.17. The Kier molecular flexibility index (Phi) is 6.79. The zero-order chi connectivity index (χ0) is 22.0. The molecule has 2 rings (SSSR count). The zero-order valence-corrected chi connectivity index (χ0v) is 18.9. The van der Waals surface area contributed by atoms with E-state index in [-0.39, 0.29) is 26.9 Å². The summed E-state index contributed by atoms with van der Waals surface area (Å²) in [5.41, 5.74) is -0.168. The highest BCUT2D eigenvalue weighted by atomic mass is 35.5. The van der Waals surface area contributed by atoms with E-state index in [1.165, 1.54) is 24.3 Å². The molecule has 0 aliphatic heterocycles. The molecule has 2 N–H and O–H groups in total. The van der Waals surface area contributed by atoms with Crippen LogP contribution in [0, 0.1) is 0 Å². The van der Waals surface area contributed by atoms with E-state index in [0.717, 1.165) is 6.26 Å². The van der Waals surface area contributed by atoms with Gasteiger partial charge in [-0.25, -0.2) is 21.6 Å². The van der Waals surface area contributed by atoms with Crippen LogP contribution in [0.2, 0.25) is 5.02 Å². The summed E-state index contributed by atoms with van der Waals surface area (Å²) in [6, 6.07) is 10.2. The van der Waals surface area contributed by atoms with Gasteiger partial charge in [0.05, 0.1) is 14.8 Å². The summed E-state index contributed by atoms with van der Waals surface area (Å²) in [5.74, 6) is -0.553. The van der Waals surface area contributed by atoms with E-state index < -0.39 is 31.3 Å². The molecule has 158 valence electrons. The van der Waals surface area contributed by atoms with Crippen molar-refractivity contribution in [1.29, 1.82) is 0 Å². The van der Waals surface area contributed by atoms with Gasteiger partial charge in [0.1, 0.15) is 0 Å². The second kappa shape index (κ2) is 8.43. The van der Waals surface area contributed by atoms with Crippen LogP contribution >= 0.6 is 11.6 Å². The summed E-state index contributed by atoms with van der Waals surface area (Å²) in [6.45, 7) is 5.13. The van der Waals surface area contributed by atoms with Crippen LogP contribution in [0.25, 0.3) is 0 Å². The Hall–Kier alpha value is -1.94. The highest BCUT2D eigenvalue weighted by Crippen LogP contribution is 2.23. The molecule has 0 aliphatic rings. The number of halogens is 1. The third kappa shape index (κ3) is 6.27. The third-order valence-electron chi connectivity index (χ3n) is 3.73. The number of benzene rings is 2. The van der Waals surface area contributed by atoms with Crippen LogP contribution in [0.4, 0.5) is 0 Å². The van der Waals surface area contributed by atoms with Crippen molar-refractivity contribution < 1.29 is 21.6 Å². The maximum Gasteiger partial charge on any atom is 0.251 e. The minimum Gasteiger partial charge on any atom is -0.348 e. The molecule has 0 saturated carbocycles. The predicted octanol–water partition coefficient (Wildman–Crippen LogP) is 2.75. The second-order valence-electron chi connectivity index (χ2n) is 7.56. The summed E-state index contributed by atoms with van der Waals surface area (Å²) < 4.78 is 51.5. The maximum atomic E-state index is 12.7. The van der Waals surface area contributed by atoms with E-state index in [9.17, 15) is 21.6 Å². The van der Waals surface area contributed by atoms with Crippen molar-refractivity contribution in [3.8, 4) is 0 Å². The lowest BCUT2D eigenvalue weighted by atomic mass is 10.1. The number of carbonyl (C=O) groups excluding carboxylic acids is 1. The number of sulfone groups is 1. The van der Waals surface area contributed by atoms with Gasteiger partial charge in [0.15, 0.2) is 9.84 Å². The molecule has 1 amide bonds. The number of rotatable bonds is 6. The predicted molar refractivity (Wildman–Crippen MR) is 112 cm³/mol. The average Bonchev–Trinajstić information content (AvgIpc) is 2.57. The molecule has 0 heterocycles. The number of carbonyl (C=O) groups is 1. The van der Waals surface area contributed by atoms with Crippen LogP contribution in [-0.4, -0.2) is 34.5 Å². The van der Waals surface area contributed by atoms with Crippen molar-refractivity contribution in [3.63, 3.8) is 0 Å². The highest BCUT2D eigenvalue weighted by molar-refractivity contribution is 7.90. The molecule has 2 aromatic carbocycles. The smallest absolute Gasteiger partial charge is 0.251 e. The van der Waals surface area contributed by atoms with Crippen molar-refractivity contribution in [3.05, 3.63) is 58.6 Å². The molecule has 0 bridgehead atoms. The van der Waals surface area contributed by atoms with E-state index in [1.54, 1.807) is 39.0 Å². The van der Waals surface area contributed by atoms with Crippen LogP contribution < -0.4 is 10.0 Å². The Labute approximate surface area is 176 Å². The lowest BCUT2D eigenvalue weighted by molar-refractivity contribution is 0.0950. The second-order valence-corrected chi connectivity index (χ2v) is 11.6. The number of hydrogen-bond acceptors (Lipinski definition) is 5. The first-order valence-electron chi connectivity index (χ1n) is 8.60. The van der Waals surface area contributed by atoms with Crippen LogP contribution in [0.5, 0.6) is 0 Å². The van der Waals surface area contributed by atoms with Crippen molar-refractivity contribution in [2.24, 2.45) is 0 Å². The van der Waals surface area contributed by atoms with Crippen LogP contribution in [-0.2, 0) is 26.4 Å². The first-order valence-corrected chi connectivity index (χ1v) is 12.4. The van der Waals surface area contributed by atoms with Crippen molar-refractivity contribution >= 4 is 37.4 Å². The number of amides is 1. The quantitative estimate of drug-likeness (QED) is 0.691. The first-order chi connectivity index (χ1) is 13.2. The molecule has 29 heavy (non-hydrogen) atoms. The molecular weight excluding hydrogens is 436 g/mol. The topological polar surface area (TPSA) is 109 Å². The summed E-state index contributed by atoms with van der Waals surface area (Å²) >= 11 is 5.90. The Morgan fingerprint density at radius 2 is 1.62 bits per heavy atom. The molecule has 0 aliphatic carbocycles. The molecule has 7 nitrogen and oxygen atoms in total. The minimum atomic E-state index is -3.79. The normalized spacial score (nSPS) is 12.6. The highest BCUT2D eigenvalue weighted by Gasteiger charge is 2.24. The Balaban J connectivity index is 2.27. The molecule has 0 saturated heterocycles. The van der Waals surface area contributed by atoms with E-state index in [1.807, 2.05) is 0 Å². The number of nitrogens with one attached hydrogen (secondary N) is 2. The summed E-state index contributed by atoms with van der Waals surface area (Å²) in [6.07, 6.45) is 0.999. The molecule has 0 atom stereocenters. The summed E-state index contributed by atoms with van der Waals surface area (Å²) in [5, 5.41) is 2.64. The van der Waals surface area contributed by atoms with Crippen molar-refractivity contribution in [2.45, 2.75) is 42.6 Å². The van der Waals surface area contributed by atoms with E-state index in [0.29, 0.717) is 5.56 Å². The average molecular weight is 459 g/mol. The Bertz CT molecular complexity index is 1140. The number of hydrogen-bond donors (Lipinski definition) is 2. The Morgan fingerprint density at radius 3 is 2.21 bits per heavy atom. The molecule has 0 spiro atoms. The van der Waals surface area contributed by atoms with Gasteiger partial charge in [0.25, 0.3) is 5.91 Å². The van der Waals surface area contributed by atoms with E-state index >= 15 is 0 Å². The van der Waals surface area contributed by atoms with Gasteiger partial charge in [-0.3, -0.25) is 4.79 Å². The molecular formula is C19H23ClN2O5S2. The van der Waals surface area contributed by atoms with Gasteiger partial charge in [0.2, 0.25) is 10.0 Å². The van der Waals surface area contributed by atoms with Gasteiger partial charge >= 0.3 is 0 Å². The Morgan fingerprint density at radius 1 is 1.00 bits per heavy atom. The molecule has 0 unspecified atom stereocenters. The maximum absolute atomic E-state index is 12.7. The van der Waals surface area contributed by atoms with Gasteiger partial charge in [-0.15, -0.1) is 0 Å². The van der Waals surface area contributed by atoms with Gasteiger partial charge in [-0.2, -0.15) is 0 Å². The summed E-state index contributed by atoms with van der Waals surface area (Å²) in [4.78, 5) is 12.4. The van der Waals surface area contributed by atoms with E-state index in [4.69, 9.17) is 11.6 Å². The zero-order valence-electron chi connectivity index (χ0n) is 16.5.